The Morgan fingerprint density at radius 3 is 1.23 bits per heavy atom. The van der Waals surface area contributed by atoms with Gasteiger partial charge >= 0.3 is 47.9 Å². The standard InChI is InChI=1S/C17H18F18O4/c1-7(2,9(19,6-36)14(26,27)28)39-17(34,35)11(22,15(29,30)31)8(3,4)38-13(25,10(20,21)5-18)12(23,24)16(32,33)37/h36-37H,5-6H2,1-4H3. The van der Waals surface area contributed by atoms with E-state index in [1.54, 1.807) is 0 Å². The van der Waals surface area contributed by atoms with E-state index in [1.807, 2.05) is 0 Å². The van der Waals surface area contributed by atoms with Gasteiger partial charge in [0, 0.05) is 0 Å². The second-order valence-corrected chi connectivity index (χ2v) is 8.90. The molecule has 0 aromatic carbocycles. The monoisotopic (exact) mass is 628 g/mol. The molecule has 22 heteroatoms. The second kappa shape index (κ2) is 9.85. The molecular formula is C17H18F18O4. The molecule has 3 atom stereocenters. The maximum Gasteiger partial charge on any atom is 0.434 e. The molecule has 39 heavy (non-hydrogen) atoms. The summed E-state index contributed by atoms with van der Waals surface area (Å²) in [5.74, 6) is -21.7. The molecule has 0 amide bonds. The SMILES string of the molecule is CC(C)(OC(F)(F)C(F)(C(F)(F)F)C(C)(C)OC(F)(C(F)(F)CF)C(F)(F)C(O)(F)F)C(F)(CO)C(F)(F)F. The van der Waals surface area contributed by atoms with E-state index in [9.17, 15) is 74.6 Å². The van der Waals surface area contributed by atoms with Gasteiger partial charge in [-0.2, -0.15) is 65.9 Å². The van der Waals surface area contributed by atoms with Crippen LogP contribution in [0.5, 0.6) is 0 Å². The number of alkyl halides is 18. The largest absolute Gasteiger partial charge is 0.434 e. The van der Waals surface area contributed by atoms with Crippen molar-refractivity contribution >= 4 is 0 Å². The summed E-state index contributed by atoms with van der Waals surface area (Å²) in [5, 5.41) is 16.8. The zero-order chi connectivity index (χ0) is 32.3. The van der Waals surface area contributed by atoms with Crippen molar-refractivity contribution in [1.82, 2.24) is 0 Å². The van der Waals surface area contributed by atoms with Gasteiger partial charge in [0.05, 0.1) is 6.61 Å². The Kier molecular flexibility index (Phi) is 9.49. The summed E-state index contributed by atoms with van der Waals surface area (Å²) in [6.45, 7) is -9.60. The van der Waals surface area contributed by atoms with Gasteiger partial charge < -0.3 is 19.7 Å². The number of aliphatic hydroxyl groups is 2. The van der Waals surface area contributed by atoms with E-state index in [4.69, 9.17) is 10.2 Å². The third kappa shape index (κ3) is 5.57. The molecule has 0 radical (unpaired) electrons. The molecule has 0 saturated carbocycles. The lowest BCUT2D eigenvalue weighted by Gasteiger charge is -2.51. The lowest BCUT2D eigenvalue weighted by atomic mass is 9.82. The number of aliphatic hydroxyl groups excluding tert-OH is 1. The Hall–Kier alpha value is -1.42. The first-order chi connectivity index (χ1) is 16.5. The zero-order valence-corrected chi connectivity index (χ0v) is 19.4. The van der Waals surface area contributed by atoms with Gasteiger partial charge in [-0.3, -0.25) is 0 Å². The summed E-state index contributed by atoms with van der Waals surface area (Å²) in [7, 11) is 0. The molecular weight excluding hydrogens is 610 g/mol. The fourth-order valence-electron chi connectivity index (χ4n) is 3.02. The van der Waals surface area contributed by atoms with Gasteiger partial charge in [0.2, 0.25) is 0 Å². The average molecular weight is 628 g/mol. The molecule has 0 saturated heterocycles. The average Bonchev–Trinajstić information content (AvgIpc) is 2.67. The molecule has 4 nitrogen and oxygen atoms in total. The molecule has 0 spiro atoms. The van der Waals surface area contributed by atoms with Crippen LogP contribution >= 0.6 is 0 Å². The fourth-order valence-corrected chi connectivity index (χ4v) is 3.02. The van der Waals surface area contributed by atoms with Gasteiger partial charge in [0.1, 0.15) is 11.2 Å². The van der Waals surface area contributed by atoms with E-state index in [1.165, 1.54) is 0 Å². The number of halogens is 18. The minimum atomic E-state index is -7.56. The summed E-state index contributed by atoms with van der Waals surface area (Å²) in [4.78, 5) is 0. The Balaban J connectivity index is 7.39. The van der Waals surface area contributed by atoms with Crippen LogP contribution in [-0.2, 0) is 9.47 Å². The Labute approximate surface area is 205 Å². The van der Waals surface area contributed by atoms with Crippen LogP contribution in [0.2, 0.25) is 0 Å². The highest BCUT2D eigenvalue weighted by molar-refractivity contribution is 5.13. The third-order valence-corrected chi connectivity index (χ3v) is 5.44. The van der Waals surface area contributed by atoms with Crippen molar-refractivity contribution in [1.29, 1.82) is 0 Å². The molecule has 0 aliphatic heterocycles. The molecule has 0 fully saturated rings. The van der Waals surface area contributed by atoms with Gasteiger partial charge in [-0.05, 0) is 27.7 Å². The number of hydrogen-bond donors (Lipinski definition) is 2. The van der Waals surface area contributed by atoms with Gasteiger partial charge in [-0.25, -0.2) is 13.2 Å². The minimum Gasteiger partial charge on any atom is -0.393 e. The van der Waals surface area contributed by atoms with E-state index < -0.39 is 106 Å². The van der Waals surface area contributed by atoms with Crippen LogP contribution in [0.4, 0.5) is 79.0 Å². The topological polar surface area (TPSA) is 58.9 Å². The Morgan fingerprint density at radius 1 is 0.590 bits per heavy atom. The summed E-state index contributed by atoms with van der Waals surface area (Å²) < 4.78 is 253. The lowest BCUT2D eigenvalue weighted by molar-refractivity contribution is -0.495. The van der Waals surface area contributed by atoms with Crippen LogP contribution in [0.15, 0.2) is 0 Å². The molecule has 0 bridgehead atoms. The van der Waals surface area contributed by atoms with Gasteiger partial charge in [0.25, 0.3) is 5.67 Å². The summed E-state index contributed by atoms with van der Waals surface area (Å²) in [6.07, 6.45) is -28.2. The maximum absolute atomic E-state index is 15.3. The first-order valence-electron chi connectivity index (χ1n) is 9.54. The van der Waals surface area contributed by atoms with Crippen LogP contribution in [0.25, 0.3) is 0 Å². The van der Waals surface area contributed by atoms with E-state index >= 15 is 4.39 Å². The molecule has 0 aromatic heterocycles. The molecule has 236 valence electrons. The quantitative estimate of drug-likeness (QED) is 0.253. The minimum absolute atomic E-state index is 0.452. The van der Waals surface area contributed by atoms with Crippen molar-refractivity contribution in [3.63, 3.8) is 0 Å². The van der Waals surface area contributed by atoms with E-state index in [2.05, 4.69) is 9.47 Å². The number of ether oxygens (including phenoxy) is 2. The highest BCUT2D eigenvalue weighted by atomic mass is 19.4. The van der Waals surface area contributed by atoms with Crippen molar-refractivity contribution in [2.75, 3.05) is 13.3 Å². The molecule has 0 aliphatic rings. The van der Waals surface area contributed by atoms with Crippen LogP contribution in [0.1, 0.15) is 27.7 Å². The Morgan fingerprint density at radius 2 is 0.974 bits per heavy atom. The van der Waals surface area contributed by atoms with Crippen LogP contribution in [0, 0.1) is 0 Å². The predicted molar refractivity (Wildman–Crippen MR) is 89.0 cm³/mol. The van der Waals surface area contributed by atoms with Crippen molar-refractivity contribution in [2.24, 2.45) is 0 Å². The molecule has 3 unspecified atom stereocenters. The normalized spacial score (nSPS) is 20.3. The van der Waals surface area contributed by atoms with Gasteiger partial charge in [-0.15, -0.1) is 0 Å². The lowest BCUT2D eigenvalue weighted by Crippen LogP contribution is -2.76. The number of hydrogen-bond acceptors (Lipinski definition) is 4. The smallest absolute Gasteiger partial charge is 0.393 e. The second-order valence-electron chi connectivity index (χ2n) is 8.90. The molecule has 0 aliphatic carbocycles. The third-order valence-electron chi connectivity index (χ3n) is 5.44. The fraction of sp³-hybridized carbons (Fsp3) is 1.00. The van der Waals surface area contributed by atoms with Crippen LogP contribution < -0.4 is 0 Å². The van der Waals surface area contributed by atoms with Crippen molar-refractivity contribution in [3.05, 3.63) is 0 Å². The Bertz CT molecular complexity index is 863. The molecule has 0 heterocycles. The van der Waals surface area contributed by atoms with Crippen LogP contribution in [-0.4, -0.2) is 88.3 Å². The highest BCUT2D eigenvalue weighted by Gasteiger charge is 2.87. The van der Waals surface area contributed by atoms with Crippen molar-refractivity contribution < 1.29 is 98.7 Å². The van der Waals surface area contributed by atoms with Crippen molar-refractivity contribution in [2.45, 2.75) is 92.5 Å². The van der Waals surface area contributed by atoms with Gasteiger partial charge in [-0.1, -0.05) is 0 Å². The molecule has 0 rings (SSSR count). The van der Waals surface area contributed by atoms with E-state index in [0.717, 1.165) is 0 Å². The van der Waals surface area contributed by atoms with E-state index in [-0.39, 0.29) is 0 Å². The number of rotatable bonds is 12. The van der Waals surface area contributed by atoms with Crippen LogP contribution in [0.3, 0.4) is 0 Å². The summed E-state index contributed by atoms with van der Waals surface area (Å²) >= 11 is 0. The maximum atomic E-state index is 15.3. The molecule has 2 N–H and O–H groups in total. The predicted octanol–water partition coefficient (Wildman–Crippen LogP) is 6.19. The summed E-state index contributed by atoms with van der Waals surface area (Å²) in [5.41, 5.74) is -22.6. The first kappa shape index (κ1) is 37.6. The first-order valence-corrected chi connectivity index (χ1v) is 9.54. The summed E-state index contributed by atoms with van der Waals surface area (Å²) in [6, 6.07) is 0. The highest BCUT2D eigenvalue weighted by Crippen LogP contribution is 2.60. The van der Waals surface area contributed by atoms with Crippen molar-refractivity contribution in [3.8, 4) is 0 Å². The zero-order valence-electron chi connectivity index (χ0n) is 19.4. The van der Waals surface area contributed by atoms with E-state index in [0.29, 0.717) is 0 Å². The molecule has 0 aromatic rings. The van der Waals surface area contributed by atoms with Gasteiger partial charge in [0.15, 0.2) is 6.67 Å².